The van der Waals surface area contributed by atoms with E-state index in [1.165, 1.54) is 0 Å². The van der Waals surface area contributed by atoms with Crippen molar-refractivity contribution in [3.63, 3.8) is 0 Å². The quantitative estimate of drug-likeness (QED) is 0.500. The van der Waals surface area contributed by atoms with Crippen LogP contribution in [0.3, 0.4) is 0 Å². The fourth-order valence-corrected chi connectivity index (χ4v) is 0.987. The van der Waals surface area contributed by atoms with Crippen LogP contribution in [0.1, 0.15) is 33.1 Å². The third-order valence-corrected chi connectivity index (χ3v) is 1.85. The van der Waals surface area contributed by atoms with Crippen LogP contribution in [0, 0.1) is 0 Å². The van der Waals surface area contributed by atoms with Crippen LogP contribution in [0.25, 0.3) is 0 Å². The molecule has 0 aliphatic rings. The van der Waals surface area contributed by atoms with Gasteiger partial charge in [0.15, 0.2) is 0 Å². The number of rotatable bonds is 7. The van der Waals surface area contributed by atoms with E-state index in [1.54, 1.807) is 0 Å². The lowest BCUT2D eigenvalue weighted by molar-refractivity contribution is -0.149. The Morgan fingerprint density at radius 1 is 1.13 bits per heavy atom. The smallest absolute Gasteiger partial charge is 0.324 e. The summed E-state index contributed by atoms with van der Waals surface area (Å²) in [5.41, 5.74) is 0. The Morgan fingerprint density at radius 3 is 2.20 bits per heavy atom. The van der Waals surface area contributed by atoms with E-state index >= 15 is 0 Å². The first-order valence-electron chi connectivity index (χ1n) is 5.08. The molecule has 0 aliphatic carbocycles. The number of alkyl halides is 1. The largest absolute Gasteiger partial charge is 0.466 e. The molecule has 0 aromatic rings. The van der Waals surface area contributed by atoms with Gasteiger partial charge in [-0.15, -0.1) is 11.6 Å². The molecule has 0 spiro atoms. The summed E-state index contributed by atoms with van der Waals surface area (Å²) < 4.78 is 9.56. The van der Waals surface area contributed by atoms with Gasteiger partial charge in [-0.25, -0.2) is 0 Å². The molecular formula is C10H17ClO4. The number of hydrogen-bond donors (Lipinski definition) is 0. The maximum atomic E-state index is 11.1. The molecule has 0 aromatic heterocycles. The van der Waals surface area contributed by atoms with E-state index in [4.69, 9.17) is 21.1 Å². The number of ether oxygens (including phenoxy) is 2. The van der Waals surface area contributed by atoms with E-state index < -0.39 is 17.3 Å². The average Bonchev–Trinajstić information content (AvgIpc) is 2.22. The zero-order valence-electron chi connectivity index (χ0n) is 9.12. The van der Waals surface area contributed by atoms with E-state index in [0.717, 1.165) is 12.8 Å². The van der Waals surface area contributed by atoms with Crippen LogP contribution in [0.15, 0.2) is 0 Å². The van der Waals surface area contributed by atoms with Crippen molar-refractivity contribution < 1.29 is 19.1 Å². The maximum absolute atomic E-state index is 11.1. The average molecular weight is 237 g/mol. The lowest BCUT2D eigenvalue weighted by Crippen LogP contribution is -2.22. The molecular weight excluding hydrogens is 220 g/mol. The molecule has 0 unspecified atom stereocenters. The second-order valence-corrected chi connectivity index (χ2v) is 3.59. The highest BCUT2D eigenvalue weighted by molar-refractivity contribution is 6.30. The first-order chi connectivity index (χ1) is 7.11. The van der Waals surface area contributed by atoms with Gasteiger partial charge in [0.1, 0.15) is 5.38 Å². The number of hydrogen-bond acceptors (Lipinski definition) is 4. The molecule has 0 amide bonds. The van der Waals surface area contributed by atoms with Gasteiger partial charge in [-0.3, -0.25) is 9.59 Å². The first-order valence-corrected chi connectivity index (χ1v) is 5.51. The number of carbonyl (C=O) groups excluding carboxylic acids is 2. The highest BCUT2D eigenvalue weighted by atomic mass is 35.5. The molecule has 0 aliphatic heterocycles. The first kappa shape index (κ1) is 14.2. The highest BCUT2D eigenvalue weighted by Gasteiger charge is 2.21. The third kappa shape index (κ3) is 7.19. The molecule has 0 N–H and O–H groups in total. The minimum atomic E-state index is -0.944. The molecule has 0 radical (unpaired) electrons. The Balaban J connectivity index is 3.75. The van der Waals surface area contributed by atoms with Crippen molar-refractivity contribution in [1.29, 1.82) is 0 Å². The van der Waals surface area contributed by atoms with Gasteiger partial charge in [0.05, 0.1) is 19.6 Å². The van der Waals surface area contributed by atoms with E-state index in [2.05, 4.69) is 0 Å². The molecule has 0 saturated heterocycles. The predicted octanol–water partition coefficient (Wildman–Crippen LogP) is 1.89. The van der Waals surface area contributed by atoms with Crippen molar-refractivity contribution in [3.05, 3.63) is 0 Å². The normalized spacial score (nSPS) is 11.9. The molecule has 88 valence electrons. The van der Waals surface area contributed by atoms with Crippen molar-refractivity contribution in [2.24, 2.45) is 0 Å². The maximum Gasteiger partial charge on any atom is 0.324 e. The van der Waals surface area contributed by atoms with Gasteiger partial charge in [-0.05, 0) is 12.8 Å². The van der Waals surface area contributed by atoms with Crippen molar-refractivity contribution in [2.45, 2.75) is 38.5 Å². The van der Waals surface area contributed by atoms with Crippen LogP contribution in [-0.4, -0.2) is 30.5 Å². The molecule has 0 saturated carbocycles. The number of esters is 2. The van der Waals surface area contributed by atoms with Crippen molar-refractivity contribution >= 4 is 23.5 Å². The summed E-state index contributed by atoms with van der Waals surface area (Å²) in [5.74, 6) is -1.03. The molecule has 0 bridgehead atoms. The van der Waals surface area contributed by atoms with E-state index in [-0.39, 0.29) is 6.42 Å². The highest BCUT2D eigenvalue weighted by Crippen LogP contribution is 2.06. The van der Waals surface area contributed by atoms with Gasteiger partial charge < -0.3 is 9.47 Å². The van der Waals surface area contributed by atoms with Crippen molar-refractivity contribution in [2.75, 3.05) is 13.2 Å². The monoisotopic (exact) mass is 236 g/mol. The van der Waals surface area contributed by atoms with Crippen LogP contribution in [0.4, 0.5) is 0 Å². The summed E-state index contributed by atoms with van der Waals surface area (Å²) in [7, 11) is 0. The molecule has 0 fully saturated rings. The van der Waals surface area contributed by atoms with Crippen molar-refractivity contribution in [1.82, 2.24) is 0 Å². The van der Waals surface area contributed by atoms with Gasteiger partial charge in [0, 0.05) is 0 Å². The lowest BCUT2D eigenvalue weighted by atomic mass is 10.3. The second kappa shape index (κ2) is 8.53. The van der Waals surface area contributed by atoms with Gasteiger partial charge >= 0.3 is 11.9 Å². The molecule has 15 heavy (non-hydrogen) atoms. The summed E-state index contributed by atoms with van der Waals surface area (Å²) in [4.78, 5) is 22.2. The zero-order valence-corrected chi connectivity index (χ0v) is 9.88. The molecule has 5 heteroatoms. The Bertz CT molecular complexity index is 206. The van der Waals surface area contributed by atoms with Gasteiger partial charge in [-0.1, -0.05) is 13.8 Å². The van der Waals surface area contributed by atoms with E-state index in [1.807, 2.05) is 13.8 Å². The Kier molecular flexibility index (Phi) is 8.09. The van der Waals surface area contributed by atoms with Crippen LogP contribution in [0.2, 0.25) is 0 Å². The predicted molar refractivity (Wildman–Crippen MR) is 56.8 cm³/mol. The Hall–Kier alpha value is -0.770. The molecule has 0 aromatic carbocycles. The SMILES string of the molecule is CCCOC(=O)C[C@@H](Cl)C(=O)OCCC. The number of halogens is 1. The summed E-state index contributed by atoms with van der Waals surface area (Å²) in [6, 6.07) is 0. The zero-order chi connectivity index (χ0) is 11.7. The van der Waals surface area contributed by atoms with Gasteiger partial charge in [-0.2, -0.15) is 0 Å². The molecule has 4 nitrogen and oxygen atoms in total. The van der Waals surface area contributed by atoms with E-state index in [9.17, 15) is 9.59 Å². The lowest BCUT2D eigenvalue weighted by Gasteiger charge is -2.08. The Labute approximate surface area is 94.9 Å². The molecule has 0 heterocycles. The number of carbonyl (C=O) groups is 2. The van der Waals surface area contributed by atoms with Crippen molar-refractivity contribution in [3.8, 4) is 0 Å². The third-order valence-electron chi connectivity index (χ3n) is 1.52. The minimum absolute atomic E-state index is 0.135. The van der Waals surface area contributed by atoms with Gasteiger partial charge in [0.25, 0.3) is 0 Å². The summed E-state index contributed by atoms with van der Waals surface area (Å²) in [5, 5.41) is -0.944. The topological polar surface area (TPSA) is 52.6 Å². The summed E-state index contributed by atoms with van der Waals surface area (Å²) >= 11 is 5.67. The van der Waals surface area contributed by atoms with E-state index in [0.29, 0.717) is 13.2 Å². The second-order valence-electron chi connectivity index (χ2n) is 3.06. The van der Waals surface area contributed by atoms with Crippen LogP contribution in [-0.2, 0) is 19.1 Å². The van der Waals surface area contributed by atoms with Crippen LogP contribution < -0.4 is 0 Å². The summed E-state index contributed by atoms with van der Waals surface area (Å²) in [6.07, 6.45) is 1.35. The molecule has 0 rings (SSSR count). The van der Waals surface area contributed by atoms with Gasteiger partial charge in [0.2, 0.25) is 0 Å². The fraction of sp³-hybridized carbons (Fsp3) is 0.800. The Morgan fingerprint density at radius 2 is 1.67 bits per heavy atom. The standard InChI is InChI=1S/C10H17ClO4/c1-3-5-14-9(12)7-8(11)10(13)15-6-4-2/h8H,3-7H2,1-2H3/t8-/m1/s1. The van der Waals surface area contributed by atoms with Crippen LogP contribution in [0.5, 0.6) is 0 Å². The molecule has 1 atom stereocenters. The summed E-state index contributed by atoms with van der Waals surface area (Å²) in [6.45, 7) is 4.45. The van der Waals surface area contributed by atoms with Crippen LogP contribution >= 0.6 is 11.6 Å². The fourth-order valence-electron chi connectivity index (χ4n) is 0.798. The minimum Gasteiger partial charge on any atom is -0.466 e.